The minimum Gasteiger partial charge on any atom is -0.469 e. The molecule has 0 heterocycles. The van der Waals surface area contributed by atoms with Gasteiger partial charge in [0.05, 0.1) is 19.3 Å². The highest BCUT2D eigenvalue weighted by atomic mass is 16.5. The minimum absolute atomic E-state index is 0.0809. The van der Waals surface area contributed by atoms with Crippen LogP contribution in [0.5, 0.6) is 0 Å². The van der Waals surface area contributed by atoms with Gasteiger partial charge in [0.1, 0.15) is 5.60 Å². The Bertz CT molecular complexity index is 783. The molecule has 6 heteroatoms. The summed E-state index contributed by atoms with van der Waals surface area (Å²) in [6, 6.07) is 0. The van der Waals surface area contributed by atoms with Crippen LogP contribution in [0.2, 0.25) is 0 Å². The third-order valence-electron chi connectivity index (χ3n) is 11.3. The van der Waals surface area contributed by atoms with Crippen molar-refractivity contribution in [2.75, 3.05) is 7.11 Å². The lowest BCUT2D eigenvalue weighted by Crippen LogP contribution is -2.63. The van der Waals surface area contributed by atoms with Crippen LogP contribution in [-0.4, -0.2) is 52.0 Å². The third-order valence-corrected chi connectivity index (χ3v) is 11.3. The number of fused-ring (bicyclic) bond motifs is 5. The van der Waals surface area contributed by atoms with Gasteiger partial charge in [-0.25, -0.2) is 0 Å². The third kappa shape index (κ3) is 3.79. The molecule has 0 aromatic rings. The highest BCUT2D eigenvalue weighted by Gasteiger charge is 2.66. The van der Waals surface area contributed by atoms with Gasteiger partial charge in [-0.15, -0.1) is 0 Å². The van der Waals surface area contributed by atoms with Gasteiger partial charge in [-0.1, -0.05) is 20.8 Å². The topological polar surface area (TPSA) is 104 Å². The summed E-state index contributed by atoms with van der Waals surface area (Å²) >= 11 is 0. The Morgan fingerprint density at radius 2 is 1.79 bits per heavy atom. The lowest BCUT2D eigenvalue weighted by atomic mass is 9.42. The van der Waals surface area contributed by atoms with E-state index >= 15 is 0 Å². The molecule has 11 unspecified atom stereocenters. The zero-order valence-electron chi connectivity index (χ0n) is 21.0. The van der Waals surface area contributed by atoms with Crippen LogP contribution in [-0.2, 0) is 14.3 Å². The molecule has 0 bridgehead atoms. The van der Waals surface area contributed by atoms with Crippen LogP contribution < -0.4 is 0 Å². The summed E-state index contributed by atoms with van der Waals surface area (Å²) in [6.45, 7) is 8.17. The highest BCUT2D eigenvalue weighted by Crippen LogP contribution is 2.68. The van der Waals surface area contributed by atoms with Crippen molar-refractivity contribution >= 4 is 11.8 Å². The summed E-state index contributed by atoms with van der Waals surface area (Å²) in [5, 5.41) is 34.0. The van der Waals surface area contributed by atoms with Gasteiger partial charge in [-0.05, 0) is 105 Å². The largest absolute Gasteiger partial charge is 0.469 e. The van der Waals surface area contributed by atoms with Crippen LogP contribution in [0.1, 0.15) is 85.5 Å². The van der Waals surface area contributed by atoms with Crippen LogP contribution >= 0.6 is 0 Å². The molecular formula is C27H44O6. The van der Waals surface area contributed by atoms with Crippen LogP contribution in [0.25, 0.3) is 0 Å². The molecule has 188 valence electrons. The summed E-state index contributed by atoms with van der Waals surface area (Å²) in [4.78, 5) is 23.8. The fourth-order valence-corrected chi connectivity index (χ4v) is 9.11. The number of methoxy groups -OCH3 is 1. The van der Waals surface area contributed by atoms with Gasteiger partial charge in [0.2, 0.25) is 0 Å². The number of aliphatic hydroxyl groups is 3. The summed E-state index contributed by atoms with van der Waals surface area (Å²) in [7, 11) is 1.42. The number of hydrogen-bond donors (Lipinski definition) is 3. The quantitative estimate of drug-likeness (QED) is 0.538. The van der Waals surface area contributed by atoms with Gasteiger partial charge < -0.3 is 20.1 Å². The van der Waals surface area contributed by atoms with Crippen molar-refractivity contribution < 1.29 is 29.6 Å². The second-order valence-corrected chi connectivity index (χ2v) is 12.5. The van der Waals surface area contributed by atoms with Gasteiger partial charge >= 0.3 is 5.97 Å². The molecule has 0 spiro atoms. The Morgan fingerprint density at radius 1 is 1.09 bits per heavy atom. The molecule has 0 aromatic heterocycles. The van der Waals surface area contributed by atoms with E-state index in [0.717, 1.165) is 25.7 Å². The van der Waals surface area contributed by atoms with Crippen LogP contribution in [0, 0.1) is 46.3 Å². The Balaban J connectivity index is 1.58. The molecule has 0 radical (unpaired) electrons. The first-order valence-corrected chi connectivity index (χ1v) is 13.0. The fourth-order valence-electron chi connectivity index (χ4n) is 9.11. The number of aliphatic hydroxyl groups excluding tert-OH is 2. The summed E-state index contributed by atoms with van der Waals surface area (Å²) in [5.74, 6) is 0.931. The first-order chi connectivity index (χ1) is 15.4. The van der Waals surface area contributed by atoms with Gasteiger partial charge in [-0.3, -0.25) is 9.59 Å². The van der Waals surface area contributed by atoms with Crippen LogP contribution in [0.15, 0.2) is 0 Å². The molecule has 0 saturated heterocycles. The zero-order valence-corrected chi connectivity index (χ0v) is 21.0. The van der Waals surface area contributed by atoms with Crippen molar-refractivity contribution in [1.29, 1.82) is 0 Å². The lowest BCUT2D eigenvalue weighted by Gasteiger charge is -2.64. The predicted octanol–water partition coefficient (Wildman–Crippen LogP) is 3.50. The molecule has 0 aliphatic heterocycles. The first kappa shape index (κ1) is 25.1. The number of ketones is 1. The van der Waals surface area contributed by atoms with Crippen molar-refractivity contribution in [2.45, 2.75) is 103 Å². The monoisotopic (exact) mass is 464 g/mol. The minimum atomic E-state index is -1.27. The summed E-state index contributed by atoms with van der Waals surface area (Å²) < 4.78 is 4.83. The van der Waals surface area contributed by atoms with Gasteiger partial charge in [-0.2, -0.15) is 0 Å². The Morgan fingerprint density at radius 3 is 2.42 bits per heavy atom. The molecule has 0 aromatic carbocycles. The van der Waals surface area contributed by atoms with E-state index < -0.39 is 17.8 Å². The van der Waals surface area contributed by atoms with Crippen molar-refractivity contribution in [3.8, 4) is 0 Å². The molecular weight excluding hydrogens is 420 g/mol. The number of ether oxygens (including phenoxy) is 1. The van der Waals surface area contributed by atoms with Crippen molar-refractivity contribution in [3.63, 3.8) is 0 Å². The van der Waals surface area contributed by atoms with Crippen molar-refractivity contribution in [1.82, 2.24) is 0 Å². The number of hydrogen-bond acceptors (Lipinski definition) is 6. The molecule has 11 atom stereocenters. The van der Waals surface area contributed by atoms with Crippen molar-refractivity contribution in [3.05, 3.63) is 0 Å². The van der Waals surface area contributed by atoms with Crippen LogP contribution in [0.3, 0.4) is 0 Å². The standard InChI is InChI=1S/C27H44O6/c1-15(6-9-23(31)33-5)18-7-8-19-24-20(13-22(30)26(18,19)4)25(3)10-11-27(32,16(2)28)14-17(25)12-21(24)29/h15,17-22,24,29-30,32H,6-14H2,1-5H3. The van der Waals surface area contributed by atoms with E-state index in [1.807, 2.05) is 0 Å². The molecule has 4 aliphatic carbocycles. The summed E-state index contributed by atoms with van der Waals surface area (Å²) in [6.07, 6.45) is 5.19. The second kappa shape index (κ2) is 8.60. The zero-order chi connectivity index (χ0) is 24.3. The lowest BCUT2D eigenvalue weighted by molar-refractivity contribution is -0.215. The molecule has 0 amide bonds. The van der Waals surface area contributed by atoms with Gasteiger partial charge in [0, 0.05) is 6.42 Å². The van der Waals surface area contributed by atoms with Gasteiger partial charge in [0.15, 0.2) is 5.78 Å². The Hall–Kier alpha value is -0.980. The highest BCUT2D eigenvalue weighted by molar-refractivity contribution is 5.84. The average molecular weight is 465 g/mol. The molecule has 4 fully saturated rings. The number of rotatable bonds is 5. The first-order valence-electron chi connectivity index (χ1n) is 13.0. The Kier molecular flexibility index (Phi) is 6.55. The maximum Gasteiger partial charge on any atom is 0.305 e. The van der Waals surface area contributed by atoms with Crippen LogP contribution in [0.4, 0.5) is 0 Å². The summed E-state index contributed by atoms with van der Waals surface area (Å²) in [5.41, 5.74) is -1.62. The average Bonchev–Trinajstić information content (AvgIpc) is 3.12. The molecule has 33 heavy (non-hydrogen) atoms. The van der Waals surface area contributed by atoms with E-state index in [-0.39, 0.29) is 46.3 Å². The number of carbonyl (C=O) groups excluding carboxylic acids is 2. The van der Waals surface area contributed by atoms with E-state index in [1.54, 1.807) is 0 Å². The van der Waals surface area contributed by atoms with Gasteiger partial charge in [0.25, 0.3) is 0 Å². The number of esters is 1. The molecule has 4 rings (SSSR count). The maximum atomic E-state index is 12.1. The number of carbonyl (C=O) groups is 2. The second-order valence-electron chi connectivity index (χ2n) is 12.5. The van der Waals surface area contributed by atoms with E-state index in [1.165, 1.54) is 14.0 Å². The predicted molar refractivity (Wildman–Crippen MR) is 124 cm³/mol. The van der Waals surface area contributed by atoms with E-state index in [4.69, 9.17) is 4.74 Å². The van der Waals surface area contributed by atoms with E-state index in [2.05, 4.69) is 20.8 Å². The SMILES string of the molecule is COC(=O)CCC(C)C1CCC2C3C(O)CC4CC(O)(C(C)=O)CCC4(C)C3CC(O)C12C. The van der Waals surface area contributed by atoms with E-state index in [0.29, 0.717) is 43.9 Å². The molecule has 3 N–H and O–H groups in total. The molecule has 4 aliphatic rings. The normalized spacial score (nSPS) is 50.0. The Labute approximate surface area is 198 Å². The maximum absolute atomic E-state index is 12.1. The van der Waals surface area contributed by atoms with Crippen molar-refractivity contribution in [2.24, 2.45) is 46.3 Å². The molecule has 6 nitrogen and oxygen atoms in total. The number of Topliss-reactive ketones (excluding diaryl/α,β-unsaturated/α-hetero) is 1. The fraction of sp³-hybridized carbons (Fsp3) is 0.926. The smallest absolute Gasteiger partial charge is 0.305 e. The van der Waals surface area contributed by atoms with E-state index in [9.17, 15) is 24.9 Å². The molecule has 4 saturated carbocycles.